The molecule has 1 aromatic carbocycles. The van der Waals surface area contributed by atoms with Crippen LogP contribution in [0.1, 0.15) is 52.0 Å². The van der Waals surface area contributed by atoms with Crippen LogP contribution in [-0.2, 0) is 4.79 Å². The van der Waals surface area contributed by atoms with Gasteiger partial charge in [-0.05, 0) is 43.5 Å². The van der Waals surface area contributed by atoms with Crippen LogP contribution < -0.4 is 10.5 Å². The molecule has 4 nitrogen and oxygen atoms in total. The Morgan fingerprint density at radius 2 is 1.83 bits per heavy atom. The van der Waals surface area contributed by atoms with Gasteiger partial charge in [-0.25, -0.2) is 0 Å². The fourth-order valence-corrected chi connectivity index (χ4v) is 2.26. The molecule has 0 unspecified atom stereocenters. The Bertz CT molecular complexity index is 504. The minimum atomic E-state index is 0.0688. The summed E-state index contributed by atoms with van der Waals surface area (Å²) in [5.41, 5.74) is 7.45. The quantitative estimate of drug-likeness (QED) is 0.522. The third kappa shape index (κ3) is 6.76. The molecule has 1 aromatic rings. The van der Waals surface area contributed by atoms with Crippen LogP contribution in [0.4, 0.5) is 5.69 Å². The molecule has 0 aliphatic carbocycles. The molecule has 0 radical (unpaired) electrons. The van der Waals surface area contributed by atoms with E-state index in [2.05, 4.69) is 13.8 Å². The van der Waals surface area contributed by atoms with E-state index in [0.29, 0.717) is 18.0 Å². The van der Waals surface area contributed by atoms with Crippen molar-refractivity contribution < 1.29 is 9.53 Å². The van der Waals surface area contributed by atoms with Crippen LogP contribution in [0.2, 0.25) is 0 Å². The highest BCUT2D eigenvalue weighted by Crippen LogP contribution is 2.23. The van der Waals surface area contributed by atoms with Crippen LogP contribution in [0.3, 0.4) is 0 Å². The summed E-state index contributed by atoms with van der Waals surface area (Å²) >= 11 is 0. The number of ether oxygens (including phenoxy) is 1. The lowest BCUT2D eigenvalue weighted by molar-refractivity contribution is -0.126. The van der Waals surface area contributed by atoms with Crippen LogP contribution in [0.15, 0.2) is 24.3 Å². The van der Waals surface area contributed by atoms with Crippen LogP contribution >= 0.6 is 0 Å². The van der Waals surface area contributed by atoms with Crippen LogP contribution in [-0.4, -0.2) is 30.5 Å². The van der Waals surface area contributed by atoms with Crippen LogP contribution in [0, 0.1) is 0 Å². The number of amides is 1. The maximum absolute atomic E-state index is 12.4. The number of nitrogens with zero attached hydrogens (tertiary/aromatic N) is 1. The Hall–Kier alpha value is -1.97. The van der Waals surface area contributed by atoms with E-state index in [4.69, 9.17) is 10.5 Å². The Morgan fingerprint density at radius 3 is 2.35 bits per heavy atom. The maximum Gasteiger partial charge on any atom is 0.246 e. The number of nitrogens with two attached hydrogens (primary N) is 1. The lowest BCUT2D eigenvalue weighted by Gasteiger charge is -2.20. The second-order valence-corrected chi connectivity index (χ2v) is 5.60. The van der Waals surface area contributed by atoms with Crippen molar-refractivity contribution in [2.45, 2.75) is 46.5 Å². The average molecular weight is 318 g/mol. The highest BCUT2D eigenvalue weighted by Gasteiger charge is 2.09. The second-order valence-electron chi connectivity index (χ2n) is 5.60. The predicted octanol–water partition coefficient (Wildman–Crippen LogP) is 4.11. The topological polar surface area (TPSA) is 55.6 Å². The predicted molar refractivity (Wildman–Crippen MR) is 97.5 cm³/mol. The van der Waals surface area contributed by atoms with E-state index in [1.165, 1.54) is 0 Å². The van der Waals surface area contributed by atoms with E-state index in [1.807, 2.05) is 36.1 Å². The normalized spacial score (nSPS) is 10.9. The molecule has 128 valence electrons. The Labute approximate surface area is 140 Å². The third-order valence-electron chi connectivity index (χ3n) is 3.63. The molecule has 0 aliphatic heterocycles. The first kappa shape index (κ1) is 19.1. The summed E-state index contributed by atoms with van der Waals surface area (Å²) in [7, 11) is 0. The molecule has 0 saturated heterocycles. The zero-order valence-electron chi connectivity index (χ0n) is 14.7. The molecule has 0 bridgehead atoms. The molecule has 23 heavy (non-hydrogen) atoms. The van der Waals surface area contributed by atoms with Gasteiger partial charge < -0.3 is 15.4 Å². The molecule has 1 rings (SSSR count). The van der Waals surface area contributed by atoms with Gasteiger partial charge in [0.1, 0.15) is 5.75 Å². The number of nitrogen functional groups attached to an aromatic ring is 1. The SMILES string of the molecule is CCCCN(CCCC)C(=O)/C=C\c1ccc(OCC)c(N)c1. The first-order valence-electron chi connectivity index (χ1n) is 8.61. The molecule has 0 saturated carbocycles. The van der Waals surface area contributed by atoms with Gasteiger partial charge in [0, 0.05) is 19.2 Å². The number of benzene rings is 1. The molecule has 0 heterocycles. The number of hydrogen-bond acceptors (Lipinski definition) is 3. The first-order valence-corrected chi connectivity index (χ1v) is 8.61. The van der Waals surface area contributed by atoms with Crippen molar-refractivity contribution in [3.05, 3.63) is 29.8 Å². The molecule has 0 atom stereocenters. The minimum Gasteiger partial charge on any atom is -0.492 e. The third-order valence-corrected chi connectivity index (χ3v) is 3.63. The summed E-state index contributed by atoms with van der Waals surface area (Å²) < 4.78 is 5.42. The Morgan fingerprint density at radius 1 is 1.17 bits per heavy atom. The van der Waals surface area contributed by atoms with Crippen LogP contribution in [0.25, 0.3) is 6.08 Å². The van der Waals surface area contributed by atoms with Crippen molar-refractivity contribution in [2.75, 3.05) is 25.4 Å². The van der Waals surface area contributed by atoms with E-state index in [-0.39, 0.29) is 5.91 Å². The Balaban J connectivity index is 2.72. The smallest absolute Gasteiger partial charge is 0.246 e. The van der Waals surface area contributed by atoms with Crippen molar-refractivity contribution >= 4 is 17.7 Å². The van der Waals surface area contributed by atoms with Crippen molar-refractivity contribution in [3.8, 4) is 5.75 Å². The maximum atomic E-state index is 12.4. The van der Waals surface area contributed by atoms with Gasteiger partial charge in [0.25, 0.3) is 0 Å². The number of unbranched alkanes of at least 4 members (excludes halogenated alkanes) is 2. The summed E-state index contributed by atoms with van der Waals surface area (Å²) in [4.78, 5) is 14.3. The Kier molecular flexibility index (Phi) is 8.88. The van der Waals surface area contributed by atoms with E-state index >= 15 is 0 Å². The first-order chi connectivity index (χ1) is 11.1. The zero-order chi connectivity index (χ0) is 17.1. The summed E-state index contributed by atoms with van der Waals surface area (Å²) in [5, 5.41) is 0. The minimum absolute atomic E-state index is 0.0688. The molecule has 0 spiro atoms. The highest BCUT2D eigenvalue weighted by atomic mass is 16.5. The zero-order valence-corrected chi connectivity index (χ0v) is 14.7. The number of anilines is 1. The summed E-state index contributed by atoms with van der Waals surface area (Å²) in [5.74, 6) is 0.753. The van der Waals surface area contributed by atoms with E-state index in [9.17, 15) is 4.79 Å². The van der Waals surface area contributed by atoms with Gasteiger partial charge in [0.05, 0.1) is 12.3 Å². The fraction of sp³-hybridized carbons (Fsp3) is 0.526. The van der Waals surface area contributed by atoms with E-state index in [0.717, 1.165) is 44.3 Å². The molecule has 0 aliphatic rings. The van der Waals surface area contributed by atoms with Gasteiger partial charge >= 0.3 is 0 Å². The fourth-order valence-electron chi connectivity index (χ4n) is 2.26. The van der Waals surface area contributed by atoms with Gasteiger partial charge in [-0.1, -0.05) is 32.8 Å². The van der Waals surface area contributed by atoms with Gasteiger partial charge in [0.2, 0.25) is 5.91 Å². The molecular weight excluding hydrogens is 288 g/mol. The van der Waals surface area contributed by atoms with Crippen molar-refractivity contribution in [1.29, 1.82) is 0 Å². The largest absolute Gasteiger partial charge is 0.492 e. The monoisotopic (exact) mass is 318 g/mol. The van der Waals surface area contributed by atoms with Gasteiger partial charge in [-0.15, -0.1) is 0 Å². The average Bonchev–Trinajstić information content (AvgIpc) is 2.55. The standard InChI is InChI=1S/C19H30N2O2/c1-4-7-13-21(14-8-5-2)19(22)12-10-16-9-11-18(23-6-3)17(20)15-16/h9-12,15H,4-8,13-14,20H2,1-3H3/b12-10-. The number of rotatable bonds is 10. The van der Waals surface area contributed by atoms with Gasteiger partial charge in [-0.3, -0.25) is 4.79 Å². The molecule has 0 fully saturated rings. The lowest BCUT2D eigenvalue weighted by Crippen LogP contribution is -2.31. The van der Waals surface area contributed by atoms with E-state index < -0.39 is 0 Å². The van der Waals surface area contributed by atoms with Crippen molar-refractivity contribution in [1.82, 2.24) is 4.90 Å². The van der Waals surface area contributed by atoms with Gasteiger partial charge in [-0.2, -0.15) is 0 Å². The summed E-state index contributed by atoms with van der Waals surface area (Å²) in [6, 6.07) is 5.58. The number of carbonyl (C=O) groups excluding carboxylic acids is 1. The summed E-state index contributed by atoms with van der Waals surface area (Å²) in [6.45, 7) is 8.44. The molecule has 2 N–H and O–H groups in total. The highest BCUT2D eigenvalue weighted by molar-refractivity contribution is 5.92. The number of carbonyl (C=O) groups is 1. The van der Waals surface area contributed by atoms with E-state index in [1.54, 1.807) is 6.08 Å². The molecular formula is C19H30N2O2. The van der Waals surface area contributed by atoms with Crippen LogP contribution in [0.5, 0.6) is 5.75 Å². The molecule has 4 heteroatoms. The lowest BCUT2D eigenvalue weighted by atomic mass is 10.1. The molecule has 1 amide bonds. The van der Waals surface area contributed by atoms with Crippen molar-refractivity contribution in [2.24, 2.45) is 0 Å². The second kappa shape index (κ2) is 10.7. The molecule has 0 aromatic heterocycles. The number of hydrogen-bond donors (Lipinski definition) is 1. The van der Waals surface area contributed by atoms with Crippen molar-refractivity contribution in [3.63, 3.8) is 0 Å². The van der Waals surface area contributed by atoms with Gasteiger partial charge in [0.15, 0.2) is 0 Å². The summed E-state index contributed by atoms with van der Waals surface area (Å²) in [6.07, 6.45) is 7.72.